The summed E-state index contributed by atoms with van der Waals surface area (Å²) < 4.78 is 94.0. The number of ether oxygens (including phenoxy) is 4. The lowest BCUT2D eigenvalue weighted by Crippen LogP contribution is -3.00. The van der Waals surface area contributed by atoms with E-state index in [2.05, 4.69) is 4.57 Å². The van der Waals surface area contributed by atoms with Gasteiger partial charge in [-0.15, -0.1) is 0 Å². The first kappa shape index (κ1) is 29.2. The third-order valence-corrected chi connectivity index (χ3v) is 7.06. The van der Waals surface area contributed by atoms with Gasteiger partial charge in [-0.3, -0.25) is 0 Å². The molecule has 0 saturated carbocycles. The molecule has 5 rings (SSSR count). The average molecular weight is 582 g/mol. The Balaban J connectivity index is 0.00000370. The summed E-state index contributed by atoms with van der Waals surface area (Å²) in [6, 6.07) is 7.40. The molecule has 0 fully saturated rings. The third kappa shape index (κ3) is 4.54. The number of fused-ring (bicyclic) bond motifs is 4. The number of methoxy groups -OCH3 is 3. The minimum atomic E-state index is -2.22. The van der Waals surface area contributed by atoms with Gasteiger partial charge in [0.2, 0.25) is 11.5 Å². The van der Waals surface area contributed by atoms with E-state index >= 15 is 0 Å². The number of hydrogen-bond acceptors (Lipinski definition) is 4. The quantitative estimate of drug-likeness (QED) is 0.146. The number of aromatic nitrogens is 1. The first-order chi connectivity index (χ1) is 18.7. The zero-order valence-corrected chi connectivity index (χ0v) is 22.8. The van der Waals surface area contributed by atoms with Gasteiger partial charge in [-0.05, 0) is 36.2 Å². The van der Waals surface area contributed by atoms with Gasteiger partial charge in [-0.25, -0.2) is 22.0 Å². The van der Waals surface area contributed by atoms with Gasteiger partial charge in [0, 0.05) is 17.4 Å². The minimum absolute atomic E-state index is 0. The third-order valence-electron chi connectivity index (χ3n) is 7.06. The molecular weight excluding hydrogens is 557 g/mol. The van der Waals surface area contributed by atoms with Gasteiger partial charge < -0.3 is 31.4 Å². The molecule has 0 saturated heterocycles. The van der Waals surface area contributed by atoms with Crippen molar-refractivity contribution in [1.82, 2.24) is 0 Å². The van der Waals surface area contributed by atoms with Crippen molar-refractivity contribution in [1.29, 1.82) is 0 Å². The highest BCUT2D eigenvalue weighted by atomic mass is 35.5. The second kappa shape index (κ2) is 11.4. The summed E-state index contributed by atoms with van der Waals surface area (Å²) in [5.74, 6) is -8.55. The summed E-state index contributed by atoms with van der Waals surface area (Å²) in [7, 11) is 4.55. The first-order valence-corrected chi connectivity index (χ1v) is 12.2. The molecular formula is C29H25ClF5NO4. The maximum atomic E-state index is 14.3. The van der Waals surface area contributed by atoms with Crippen LogP contribution < -0.4 is 35.9 Å². The Kier molecular flexibility index (Phi) is 8.30. The molecule has 1 aliphatic rings. The molecule has 11 heteroatoms. The summed E-state index contributed by atoms with van der Waals surface area (Å²) >= 11 is 0. The Labute approximate surface area is 233 Å². The molecule has 2 heterocycles. The number of nitrogens with zero attached hydrogens (tertiary/aromatic N) is 1. The minimum Gasteiger partial charge on any atom is -1.00 e. The Morgan fingerprint density at radius 2 is 1.35 bits per heavy atom. The zero-order valence-electron chi connectivity index (χ0n) is 22.1. The van der Waals surface area contributed by atoms with Crippen molar-refractivity contribution in [3.63, 3.8) is 0 Å². The molecule has 0 unspecified atom stereocenters. The van der Waals surface area contributed by atoms with Crippen LogP contribution in [0.25, 0.3) is 22.0 Å². The maximum Gasteiger partial charge on any atom is 0.216 e. The summed E-state index contributed by atoms with van der Waals surface area (Å²) in [5, 5.41) is 1.36. The fourth-order valence-corrected chi connectivity index (χ4v) is 5.16. The van der Waals surface area contributed by atoms with E-state index in [9.17, 15) is 22.0 Å². The van der Waals surface area contributed by atoms with E-state index in [-0.39, 0.29) is 23.9 Å². The van der Waals surface area contributed by atoms with Crippen LogP contribution in [0.3, 0.4) is 0 Å². The molecule has 5 nitrogen and oxygen atoms in total. The molecule has 40 heavy (non-hydrogen) atoms. The van der Waals surface area contributed by atoms with Crippen LogP contribution in [-0.4, -0.2) is 21.3 Å². The Morgan fingerprint density at radius 3 is 1.95 bits per heavy atom. The van der Waals surface area contributed by atoms with Crippen molar-refractivity contribution >= 4 is 10.8 Å². The van der Waals surface area contributed by atoms with Crippen molar-refractivity contribution in [2.24, 2.45) is 0 Å². The Morgan fingerprint density at radius 1 is 0.750 bits per heavy atom. The summed E-state index contributed by atoms with van der Waals surface area (Å²) in [5.41, 5.74) is 2.96. The van der Waals surface area contributed by atoms with E-state index in [0.717, 1.165) is 27.8 Å². The van der Waals surface area contributed by atoms with Crippen LogP contribution in [0.4, 0.5) is 22.0 Å². The molecule has 0 bridgehead atoms. The van der Waals surface area contributed by atoms with Gasteiger partial charge >= 0.3 is 0 Å². The topological polar surface area (TPSA) is 40.8 Å². The molecule has 0 spiro atoms. The Bertz CT molecular complexity index is 1600. The van der Waals surface area contributed by atoms with Crippen LogP contribution in [0.15, 0.2) is 30.5 Å². The maximum absolute atomic E-state index is 14.3. The van der Waals surface area contributed by atoms with E-state index < -0.39 is 41.3 Å². The highest BCUT2D eigenvalue weighted by Gasteiger charge is 2.32. The smallest absolute Gasteiger partial charge is 0.216 e. The van der Waals surface area contributed by atoms with Gasteiger partial charge in [0.25, 0.3) is 0 Å². The monoisotopic (exact) mass is 581 g/mol. The summed E-state index contributed by atoms with van der Waals surface area (Å²) in [6.45, 7) is 1.73. The zero-order chi connectivity index (χ0) is 28.0. The van der Waals surface area contributed by atoms with Gasteiger partial charge in [0.15, 0.2) is 59.0 Å². The predicted molar refractivity (Wildman–Crippen MR) is 133 cm³/mol. The molecule has 3 aromatic carbocycles. The van der Waals surface area contributed by atoms with Crippen molar-refractivity contribution in [2.75, 3.05) is 21.3 Å². The van der Waals surface area contributed by atoms with E-state index in [1.807, 2.05) is 31.3 Å². The number of benzene rings is 3. The fourth-order valence-electron chi connectivity index (χ4n) is 5.16. The van der Waals surface area contributed by atoms with Crippen LogP contribution in [0.5, 0.6) is 23.0 Å². The molecule has 4 aromatic rings. The number of pyridine rings is 1. The van der Waals surface area contributed by atoms with Crippen LogP contribution in [0.2, 0.25) is 0 Å². The SMILES string of the molecule is CCc1c2[n+](cc3c(OCc4c(F)c(F)c(F)c(F)c4F)c(OC)ccc13)CCc1cc(OC)c(OC)cc1-2.[Cl-]. The van der Waals surface area contributed by atoms with Crippen LogP contribution in [0, 0.1) is 29.1 Å². The number of aryl methyl sites for hydroxylation is 3. The lowest BCUT2D eigenvalue weighted by atomic mass is 9.90. The molecule has 0 atom stereocenters. The second-order valence-corrected chi connectivity index (χ2v) is 9.01. The number of halogens is 6. The lowest BCUT2D eigenvalue weighted by Gasteiger charge is -2.22. The van der Waals surface area contributed by atoms with Crippen molar-refractivity contribution in [3.05, 3.63) is 76.2 Å². The molecule has 0 radical (unpaired) electrons. The van der Waals surface area contributed by atoms with Crippen molar-refractivity contribution in [2.45, 2.75) is 32.9 Å². The number of rotatable bonds is 7. The van der Waals surface area contributed by atoms with Gasteiger partial charge in [0.05, 0.1) is 37.8 Å². The molecule has 1 aliphatic heterocycles. The van der Waals surface area contributed by atoms with E-state index in [0.29, 0.717) is 36.3 Å². The van der Waals surface area contributed by atoms with E-state index in [1.54, 1.807) is 20.3 Å². The normalized spacial score (nSPS) is 11.9. The van der Waals surface area contributed by atoms with Crippen LogP contribution >= 0.6 is 0 Å². The van der Waals surface area contributed by atoms with Crippen LogP contribution in [-0.2, 0) is 26.0 Å². The van der Waals surface area contributed by atoms with E-state index in [1.165, 1.54) is 7.11 Å². The van der Waals surface area contributed by atoms with Crippen molar-refractivity contribution in [3.8, 4) is 34.3 Å². The fraction of sp³-hybridized carbons (Fsp3) is 0.276. The molecule has 0 amide bonds. The van der Waals surface area contributed by atoms with Crippen LogP contribution in [0.1, 0.15) is 23.6 Å². The largest absolute Gasteiger partial charge is 1.00 e. The lowest BCUT2D eigenvalue weighted by molar-refractivity contribution is -0.686. The molecule has 1 aromatic heterocycles. The number of hydrogen-bond donors (Lipinski definition) is 0. The Hall–Kier alpha value is -3.79. The van der Waals surface area contributed by atoms with Gasteiger partial charge in [0.1, 0.15) is 6.61 Å². The van der Waals surface area contributed by atoms with E-state index in [4.69, 9.17) is 18.9 Å². The highest BCUT2D eigenvalue weighted by molar-refractivity contribution is 5.95. The second-order valence-electron chi connectivity index (χ2n) is 9.01. The van der Waals surface area contributed by atoms with Gasteiger partial charge in [-0.1, -0.05) is 6.92 Å². The molecule has 0 N–H and O–H groups in total. The summed E-state index contributed by atoms with van der Waals surface area (Å²) in [6.07, 6.45) is 3.18. The van der Waals surface area contributed by atoms with Gasteiger partial charge in [-0.2, -0.15) is 4.57 Å². The average Bonchev–Trinajstić information content (AvgIpc) is 2.96. The molecule has 0 aliphatic carbocycles. The highest BCUT2D eigenvalue weighted by Crippen LogP contribution is 2.43. The van der Waals surface area contributed by atoms with Crippen molar-refractivity contribution < 1.29 is 57.9 Å². The first-order valence-electron chi connectivity index (χ1n) is 12.2. The standard InChI is InChI=1S/C29H25F5NO4.ClH/c1-5-15-16-6-7-20(36-2)29(39-13-19-23(30)25(32)27(34)26(33)24(19)31)18(16)12-35-9-8-14-10-21(37-3)22(38-4)11-17(14)28(15)35;/h6-7,10-12H,5,8-9,13H2,1-4H3;1H/q+1;/p-1. The predicted octanol–water partition coefficient (Wildman–Crippen LogP) is 3.22. The summed E-state index contributed by atoms with van der Waals surface area (Å²) in [4.78, 5) is 0. The molecule has 212 valence electrons.